The van der Waals surface area contributed by atoms with Gasteiger partial charge >= 0.3 is 0 Å². The van der Waals surface area contributed by atoms with Gasteiger partial charge in [0.15, 0.2) is 5.16 Å². The van der Waals surface area contributed by atoms with Crippen molar-refractivity contribution in [2.45, 2.75) is 19.0 Å². The van der Waals surface area contributed by atoms with Crippen LogP contribution in [-0.4, -0.2) is 21.6 Å². The van der Waals surface area contributed by atoms with E-state index in [-0.39, 0.29) is 11.7 Å². The van der Waals surface area contributed by atoms with Gasteiger partial charge in [-0.05, 0) is 31.0 Å². The van der Waals surface area contributed by atoms with Crippen molar-refractivity contribution in [2.75, 3.05) is 11.1 Å². The first kappa shape index (κ1) is 16.5. The van der Waals surface area contributed by atoms with E-state index in [0.717, 1.165) is 23.0 Å². The van der Waals surface area contributed by atoms with Crippen LogP contribution < -0.4 is 16.6 Å². The van der Waals surface area contributed by atoms with Crippen molar-refractivity contribution in [2.24, 2.45) is 5.84 Å². The number of carbonyl (C=O) groups excluding carboxylic acids is 1. The first-order chi connectivity index (χ1) is 10.5. The van der Waals surface area contributed by atoms with Crippen molar-refractivity contribution in [3.8, 4) is 0 Å². The van der Waals surface area contributed by atoms with Crippen molar-refractivity contribution < 1.29 is 4.79 Å². The van der Waals surface area contributed by atoms with E-state index in [0.29, 0.717) is 16.1 Å². The molecule has 0 spiro atoms. The van der Waals surface area contributed by atoms with Crippen LogP contribution in [0.4, 0.5) is 11.5 Å². The normalized spacial score (nSPS) is 10.4. The highest BCUT2D eigenvalue weighted by Crippen LogP contribution is 2.25. The zero-order valence-electron chi connectivity index (χ0n) is 12.2. The van der Waals surface area contributed by atoms with Gasteiger partial charge in [-0.15, -0.1) is 0 Å². The molecule has 8 heteroatoms. The van der Waals surface area contributed by atoms with Crippen LogP contribution in [0.3, 0.4) is 0 Å². The molecule has 4 N–H and O–H groups in total. The maximum atomic E-state index is 11.2. The molecule has 1 heterocycles. The Labute approximate surface area is 137 Å². The zero-order valence-corrected chi connectivity index (χ0v) is 13.8. The number of thioether (sulfide) groups is 1. The van der Waals surface area contributed by atoms with Gasteiger partial charge in [0.2, 0.25) is 5.91 Å². The highest BCUT2D eigenvalue weighted by Gasteiger charge is 2.08. The van der Waals surface area contributed by atoms with E-state index in [4.69, 9.17) is 17.4 Å². The summed E-state index contributed by atoms with van der Waals surface area (Å²) < 4.78 is 0. The third-order valence-corrected chi connectivity index (χ3v) is 4.08. The molecule has 0 saturated heterocycles. The largest absolute Gasteiger partial charge is 0.340 e. The van der Waals surface area contributed by atoms with Gasteiger partial charge in [0.05, 0.1) is 5.75 Å². The molecule has 1 amide bonds. The molecule has 1 aromatic heterocycles. The number of hydrogen-bond acceptors (Lipinski definition) is 6. The van der Waals surface area contributed by atoms with E-state index < -0.39 is 0 Å². The number of benzene rings is 1. The molecule has 2 rings (SSSR count). The lowest BCUT2D eigenvalue weighted by molar-refractivity contribution is -0.118. The molecule has 0 unspecified atom stereocenters. The number of hydrogen-bond donors (Lipinski definition) is 3. The Hall–Kier alpha value is -1.83. The lowest BCUT2D eigenvalue weighted by Crippen LogP contribution is -2.31. The summed E-state index contributed by atoms with van der Waals surface area (Å²) >= 11 is 7.17. The van der Waals surface area contributed by atoms with E-state index >= 15 is 0 Å². The van der Waals surface area contributed by atoms with Gasteiger partial charge < -0.3 is 5.32 Å². The van der Waals surface area contributed by atoms with Gasteiger partial charge in [0.1, 0.15) is 11.0 Å². The molecule has 1 aromatic carbocycles. The number of nitrogens with one attached hydrogen (secondary N) is 2. The van der Waals surface area contributed by atoms with Gasteiger partial charge in [-0.2, -0.15) is 0 Å². The van der Waals surface area contributed by atoms with Crippen LogP contribution in [0.15, 0.2) is 29.4 Å². The molecule has 0 bridgehead atoms. The Morgan fingerprint density at radius 3 is 2.86 bits per heavy atom. The van der Waals surface area contributed by atoms with Crippen molar-refractivity contribution >= 4 is 40.8 Å². The summed E-state index contributed by atoms with van der Waals surface area (Å²) in [5.41, 5.74) is 5.32. The van der Waals surface area contributed by atoms with E-state index in [1.54, 1.807) is 6.07 Å². The Kier molecular flexibility index (Phi) is 5.59. The maximum Gasteiger partial charge on any atom is 0.244 e. The highest BCUT2D eigenvalue weighted by molar-refractivity contribution is 7.99. The molecule has 0 fully saturated rings. The molecule has 0 saturated carbocycles. The van der Waals surface area contributed by atoms with Crippen LogP contribution in [-0.2, 0) is 4.79 Å². The summed E-state index contributed by atoms with van der Waals surface area (Å²) in [4.78, 5) is 19.6. The Morgan fingerprint density at radius 2 is 2.14 bits per heavy atom. The van der Waals surface area contributed by atoms with Gasteiger partial charge in [0, 0.05) is 11.8 Å². The number of anilines is 2. The summed E-state index contributed by atoms with van der Waals surface area (Å²) in [6.45, 7) is 4.07. The lowest BCUT2D eigenvalue weighted by Gasteiger charge is -2.11. The minimum atomic E-state index is -0.308. The van der Waals surface area contributed by atoms with Crippen LogP contribution in [0.5, 0.6) is 0 Å². The molecule has 2 aromatic rings. The average Bonchev–Trinajstić information content (AvgIpc) is 2.49. The smallest absolute Gasteiger partial charge is 0.244 e. The fourth-order valence-electron chi connectivity index (χ4n) is 1.72. The summed E-state index contributed by atoms with van der Waals surface area (Å²) in [5, 5.41) is 3.93. The van der Waals surface area contributed by atoms with Crippen molar-refractivity contribution in [3.63, 3.8) is 0 Å². The molecule has 0 aliphatic rings. The van der Waals surface area contributed by atoms with Crippen molar-refractivity contribution in [3.05, 3.63) is 40.5 Å². The molecule has 0 aliphatic carbocycles. The van der Waals surface area contributed by atoms with Crippen molar-refractivity contribution in [1.82, 2.24) is 15.4 Å². The SMILES string of the molecule is Cc1cccc(Nc2cc(Cl)nc(SCC(=O)NN)n2)c1C. The highest BCUT2D eigenvalue weighted by atomic mass is 35.5. The number of rotatable bonds is 5. The second kappa shape index (κ2) is 7.44. The molecule has 22 heavy (non-hydrogen) atoms. The first-order valence-corrected chi connectivity index (χ1v) is 7.86. The second-order valence-electron chi connectivity index (χ2n) is 4.59. The molecule has 0 radical (unpaired) electrons. The fraction of sp³-hybridized carbons (Fsp3) is 0.214. The van der Waals surface area contributed by atoms with Gasteiger partial charge in [-0.3, -0.25) is 10.2 Å². The minimum Gasteiger partial charge on any atom is -0.340 e. The molecule has 0 atom stereocenters. The van der Waals surface area contributed by atoms with Crippen LogP contribution >= 0.6 is 23.4 Å². The van der Waals surface area contributed by atoms with Crippen LogP contribution in [0.1, 0.15) is 11.1 Å². The van der Waals surface area contributed by atoms with Crippen molar-refractivity contribution in [1.29, 1.82) is 0 Å². The van der Waals surface area contributed by atoms with E-state index in [1.807, 2.05) is 32.0 Å². The third kappa shape index (κ3) is 4.33. The maximum absolute atomic E-state index is 11.2. The first-order valence-electron chi connectivity index (χ1n) is 6.49. The summed E-state index contributed by atoms with van der Waals surface area (Å²) in [7, 11) is 0. The topological polar surface area (TPSA) is 92.9 Å². The number of nitrogens with two attached hydrogens (primary N) is 1. The number of aromatic nitrogens is 2. The number of aryl methyl sites for hydroxylation is 1. The predicted octanol–water partition coefficient (Wildman–Crippen LogP) is 2.57. The zero-order chi connectivity index (χ0) is 16.1. The van der Waals surface area contributed by atoms with Gasteiger partial charge in [-0.25, -0.2) is 15.8 Å². The standard InChI is InChI=1S/C14H16ClN5OS/c1-8-4-3-5-10(9(8)2)17-12-6-11(15)18-14(19-12)22-7-13(21)20-16/h3-6H,7,16H2,1-2H3,(H,20,21)(H,17,18,19). The monoisotopic (exact) mass is 337 g/mol. The second-order valence-corrected chi connectivity index (χ2v) is 5.92. The summed E-state index contributed by atoms with van der Waals surface area (Å²) in [5.74, 6) is 5.43. The Bertz CT molecular complexity index is 695. The molecular weight excluding hydrogens is 322 g/mol. The van der Waals surface area contributed by atoms with E-state index in [1.165, 1.54) is 5.56 Å². The van der Waals surface area contributed by atoms with E-state index in [9.17, 15) is 4.79 Å². The number of hydrazine groups is 1. The average molecular weight is 338 g/mol. The van der Waals surface area contributed by atoms with Gasteiger partial charge in [-0.1, -0.05) is 35.5 Å². The number of halogens is 1. The van der Waals surface area contributed by atoms with Gasteiger partial charge in [0.25, 0.3) is 0 Å². The summed E-state index contributed by atoms with van der Waals surface area (Å²) in [6, 6.07) is 7.61. The third-order valence-electron chi connectivity index (χ3n) is 3.04. The number of nitrogens with zero attached hydrogens (tertiary/aromatic N) is 2. The molecular formula is C14H16ClN5OS. The number of amides is 1. The van der Waals surface area contributed by atoms with Crippen LogP contribution in [0.2, 0.25) is 5.15 Å². The Morgan fingerprint density at radius 1 is 1.36 bits per heavy atom. The fourth-order valence-corrected chi connectivity index (χ4v) is 2.62. The number of carbonyl (C=O) groups is 1. The van der Waals surface area contributed by atoms with Crippen LogP contribution in [0, 0.1) is 13.8 Å². The molecule has 6 nitrogen and oxygen atoms in total. The summed E-state index contributed by atoms with van der Waals surface area (Å²) in [6.07, 6.45) is 0. The molecule has 116 valence electrons. The predicted molar refractivity (Wildman–Crippen MR) is 89.3 cm³/mol. The quantitative estimate of drug-likeness (QED) is 0.194. The van der Waals surface area contributed by atoms with E-state index in [2.05, 4.69) is 20.7 Å². The Balaban J connectivity index is 2.19. The lowest BCUT2D eigenvalue weighted by atomic mass is 10.1. The van der Waals surface area contributed by atoms with Crippen LogP contribution in [0.25, 0.3) is 0 Å². The minimum absolute atomic E-state index is 0.125. The molecule has 0 aliphatic heterocycles.